The summed E-state index contributed by atoms with van der Waals surface area (Å²) in [6.45, 7) is 1.84. The summed E-state index contributed by atoms with van der Waals surface area (Å²) in [7, 11) is -2.21. The molecule has 1 amide bonds. The number of nitrogens with zero attached hydrogens (tertiary/aromatic N) is 1. The van der Waals surface area contributed by atoms with Crippen molar-refractivity contribution in [3.8, 4) is 5.75 Å². The summed E-state index contributed by atoms with van der Waals surface area (Å²) in [6.07, 6.45) is 0.0728. The fraction of sp³-hybridized carbons (Fsp3) is 0.278. The Bertz CT molecular complexity index is 937. The molecule has 2 rings (SSSR count). The maximum absolute atomic E-state index is 13.0. The zero-order valence-corrected chi connectivity index (χ0v) is 16.4. The molecular weight excluding hydrogens is 395 g/mol. The van der Waals surface area contributed by atoms with Crippen LogP contribution in [-0.4, -0.2) is 32.9 Å². The van der Waals surface area contributed by atoms with Gasteiger partial charge in [0.1, 0.15) is 11.6 Å². The van der Waals surface area contributed by atoms with Gasteiger partial charge in [-0.25, -0.2) is 17.9 Å². The van der Waals surface area contributed by atoms with Crippen molar-refractivity contribution in [2.75, 3.05) is 13.7 Å². The van der Waals surface area contributed by atoms with E-state index in [1.165, 1.54) is 29.2 Å². The van der Waals surface area contributed by atoms with E-state index in [0.717, 1.165) is 6.07 Å². The van der Waals surface area contributed by atoms with E-state index in [0.29, 0.717) is 11.3 Å². The minimum atomic E-state index is -3.82. The number of ether oxygens (including phenoxy) is 1. The van der Waals surface area contributed by atoms with Crippen LogP contribution >= 0.6 is 11.6 Å². The Morgan fingerprint density at radius 3 is 2.63 bits per heavy atom. The molecule has 146 valence electrons. The molecule has 0 aliphatic carbocycles. The van der Waals surface area contributed by atoms with Crippen LogP contribution in [0.3, 0.4) is 0 Å². The monoisotopic (exact) mass is 414 g/mol. The summed E-state index contributed by atoms with van der Waals surface area (Å²) < 4.78 is 41.4. The van der Waals surface area contributed by atoms with Gasteiger partial charge in [-0.05, 0) is 42.8 Å². The van der Waals surface area contributed by atoms with Gasteiger partial charge in [0, 0.05) is 7.05 Å². The second kappa shape index (κ2) is 8.69. The van der Waals surface area contributed by atoms with Crippen molar-refractivity contribution in [1.82, 2.24) is 4.90 Å². The van der Waals surface area contributed by atoms with E-state index in [1.807, 2.05) is 0 Å². The Hall–Kier alpha value is -2.16. The van der Waals surface area contributed by atoms with Gasteiger partial charge >= 0.3 is 0 Å². The van der Waals surface area contributed by atoms with Gasteiger partial charge in [-0.3, -0.25) is 4.79 Å². The van der Waals surface area contributed by atoms with E-state index in [4.69, 9.17) is 21.5 Å². The van der Waals surface area contributed by atoms with Gasteiger partial charge < -0.3 is 9.64 Å². The third-order valence-corrected chi connectivity index (χ3v) is 5.32. The number of amides is 1. The standard InChI is InChI=1S/C18H20ClFN2O4S/c1-12(13-4-3-5-15(10-13)27(21,24)25)22(2)18(23)8-9-26-17-7-6-14(20)11-16(17)19/h3-7,10-12H,8-9H2,1-2H3,(H2,21,24,25). The Morgan fingerprint density at radius 1 is 1.30 bits per heavy atom. The van der Waals surface area contributed by atoms with Crippen molar-refractivity contribution in [3.63, 3.8) is 0 Å². The number of hydrogen-bond donors (Lipinski definition) is 1. The Labute approximate surface area is 162 Å². The predicted molar refractivity (Wildman–Crippen MR) is 101 cm³/mol. The number of nitrogens with two attached hydrogens (primary N) is 1. The van der Waals surface area contributed by atoms with E-state index in [2.05, 4.69) is 0 Å². The topological polar surface area (TPSA) is 89.7 Å². The van der Waals surface area contributed by atoms with Crippen molar-refractivity contribution in [2.45, 2.75) is 24.3 Å². The number of hydrogen-bond acceptors (Lipinski definition) is 4. The number of halogens is 2. The molecule has 1 unspecified atom stereocenters. The first-order valence-electron chi connectivity index (χ1n) is 8.06. The molecule has 0 aliphatic heterocycles. The van der Waals surface area contributed by atoms with Gasteiger partial charge in [-0.1, -0.05) is 23.7 Å². The minimum Gasteiger partial charge on any atom is -0.491 e. The highest BCUT2D eigenvalue weighted by molar-refractivity contribution is 7.89. The van der Waals surface area contributed by atoms with E-state index in [-0.39, 0.29) is 34.9 Å². The van der Waals surface area contributed by atoms with Crippen LogP contribution in [0, 0.1) is 5.82 Å². The minimum absolute atomic E-state index is 0.0121. The van der Waals surface area contributed by atoms with Crippen molar-refractivity contribution in [2.24, 2.45) is 5.14 Å². The average Bonchev–Trinajstić information content (AvgIpc) is 2.61. The van der Waals surface area contributed by atoms with Gasteiger partial charge in [0.25, 0.3) is 0 Å². The highest BCUT2D eigenvalue weighted by atomic mass is 35.5. The molecule has 0 saturated carbocycles. The molecule has 2 N–H and O–H groups in total. The molecule has 0 aromatic heterocycles. The van der Waals surface area contributed by atoms with E-state index >= 15 is 0 Å². The summed E-state index contributed by atoms with van der Waals surface area (Å²) in [5.41, 5.74) is 0.639. The molecule has 0 heterocycles. The molecule has 0 fully saturated rings. The fourth-order valence-corrected chi connectivity index (χ4v) is 3.20. The van der Waals surface area contributed by atoms with Crippen molar-refractivity contribution in [1.29, 1.82) is 0 Å². The maximum atomic E-state index is 13.0. The Balaban J connectivity index is 1.98. The van der Waals surface area contributed by atoms with E-state index in [9.17, 15) is 17.6 Å². The zero-order chi connectivity index (χ0) is 20.2. The van der Waals surface area contributed by atoms with Crippen LogP contribution < -0.4 is 9.88 Å². The molecule has 9 heteroatoms. The molecule has 2 aromatic rings. The average molecular weight is 415 g/mol. The van der Waals surface area contributed by atoms with Gasteiger partial charge in [0.05, 0.1) is 29.0 Å². The molecule has 0 spiro atoms. The smallest absolute Gasteiger partial charge is 0.238 e. The van der Waals surface area contributed by atoms with Gasteiger partial charge in [-0.2, -0.15) is 0 Å². The van der Waals surface area contributed by atoms with Crippen molar-refractivity contribution >= 4 is 27.5 Å². The summed E-state index contributed by atoms with van der Waals surface area (Å²) in [4.78, 5) is 13.9. The van der Waals surface area contributed by atoms with Crippen LogP contribution in [0.25, 0.3) is 0 Å². The highest BCUT2D eigenvalue weighted by Gasteiger charge is 2.19. The van der Waals surface area contributed by atoms with Gasteiger partial charge in [0.15, 0.2) is 0 Å². The van der Waals surface area contributed by atoms with Crippen LogP contribution in [0.5, 0.6) is 5.75 Å². The lowest BCUT2D eigenvalue weighted by molar-refractivity contribution is -0.132. The first-order chi connectivity index (χ1) is 12.6. The van der Waals surface area contributed by atoms with Crippen LogP contribution in [0.1, 0.15) is 24.9 Å². The van der Waals surface area contributed by atoms with Gasteiger partial charge in [0.2, 0.25) is 15.9 Å². The molecule has 0 bridgehead atoms. The van der Waals surface area contributed by atoms with Crippen LogP contribution in [0.15, 0.2) is 47.4 Å². The lowest BCUT2D eigenvalue weighted by Crippen LogP contribution is -2.30. The Kier molecular flexibility index (Phi) is 6.80. The first kappa shape index (κ1) is 21.1. The number of rotatable bonds is 7. The number of benzene rings is 2. The Morgan fingerprint density at radius 2 is 2.00 bits per heavy atom. The van der Waals surface area contributed by atoms with Gasteiger partial charge in [-0.15, -0.1) is 0 Å². The summed E-state index contributed by atoms with van der Waals surface area (Å²) in [5, 5.41) is 5.27. The number of carbonyl (C=O) groups is 1. The lowest BCUT2D eigenvalue weighted by atomic mass is 10.1. The van der Waals surface area contributed by atoms with Crippen molar-refractivity contribution < 1.29 is 22.3 Å². The number of carbonyl (C=O) groups excluding carboxylic acids is 1. The third-order valence-electron chi connectivity index (χ3n) is 4.11. The van der Waals surface area contributed by atoms with Crippen LogP contribution in [0.2, 0.25) is 5.02 Å². The molecule has 0 aliphatic rings. The quantitative estimate of drug-likeness (QED) is 0.753. The SMILES string of the molecule is CC(c1cccc(S(N)(=O)=O)c1)N(C)C(=O)CCOc1ccc(F)cc1Cl. The number of sulfonamides is 1. The molecular formula is C18H20ClFN2O4S. The molecule has 0 radical (unpaired) electrons. The summed E-state index contributed by atoms with van der Waals surface area (Å²) in [6, 6.07) is 9.51. The normalized spacial score (nSPS) is 12.5. The summed E-state index contributed by atoms with van der Waals surface area (Å²) >= 11 is 5.87. The third kappa shape index (κ3) is 5.66. The predicted octanol–water partition coefficient (Wildman–Crippen LogP) is 3.12. The molecule has 0 saturated heterocycles. The molecule has 1 atom stereocenters. The number of primary sulfonamides is 1. The largest absolute Gasteiger partial charge is 0.491 e. The van der Waals surface area contributed by atoms with E-state index in [1.54, 1.807) is 26.1 Å². The second-order valence-electron chi connectivity index (χ2n) is 5.97. The van der Waals surface area contributed by atoms with Crippen LogP contribution in [-0.2, 0) is 14.8 Å². The highest BCUT2D eigenvalue weighted by Crippen LogP contribution is 2.25. The first-order valence-corrected chi connectivity index (χ1v) is 9.98. The van der Waals surface area contributed by atoms with Crippen molar-refractivity contribution in [3.05, 3.63) is 58.9 Å². The fourth-order valence-electron chi connectivity index (χ4n) is 2.41. The molecule has 27 heavy (non-hydrogen) atoms. The zero-order valence-electron chi connectivity index (χ0n) is 14.9. The van der Waals surface area contributed by atoms with E-state index < -0.39 is 15.8 Å². The molecule has 6 nitrogen and oxygen atoms in total. The second-order valence-corrected chi connectivity index (χ2v) is 7.94. The lowest BCUT2D eigenvalue weighted by Gasteiger charge is -2.25. The van der Waals surface area contributed by atoms with Crippen LogP contribution in [0.4, 0.5) is 4.39 Å². The molecule has 2 aromatic carbocycles. The maximum Gasteiger partial charge on any atom is 0.238 e. The summed E-state index contributed by atoms with van der Waals surface area (Å²) in [5.74, 6) is -0.386.